The first kappa shape index (κ1) is 20.2. The van der Waals surface area contributed by atoms with Gasteiger partial charge in [0.1, 0.15) is 0 Å². The molecule has 2 aromatic heterocycles. The zero-order chi connectivity index (χ0) is 21.5. The topological polar surface area (TPSA) is 57.1 Å². The van der Waals surface area contributed by atoms with Crippen molar-refractivity contribution in [3.05, 3.63) is 40.3 Å². The number of ether oxygens (including phenoxy) is 1. The van der Waals surface area contributed by atoms with Crippen molar-refractivity contribution in [1.29, 1.82) is 0 Å². The fourth-order valence-corrected chi connectivity index (χ4v) is 5.87. The van der Waals surface area contributed by atoms with Gasteiger partial charge in [-0.15, -0.1) is 11.3 Å². The average Bonchev–Trinajstić information content (AvgIpc) is 3.47. The third-order valence-corrected chi connectivity index (χ3v) is 7.72. The number of aliphatic imine (C=N–C) groups is 1. The summed E-state index contributed by atoms with van der Waals surface area (Å²) in [5.41, 5.74) is 4.54. The lowest BCUT2D eigenvalue weighted by atomic mass is 10.0. The minimum atomic E-state index is 0.744. The van der Waals surface area contributed by atoms with Crippen molar-refractivity contribution in [2.75, 3.05) is 64.4 Å². The summed E-state index contributed by atoms with van der Waals surface area (Å²) in [5, 5.41) is 0. The first-order chi connectivity index (χ1) is 15.7. The number of hydrogen-bond acceptors (Lipinski definition) is 8. The Balaban J connectivity index is 1.41. The number of nitrogens with zero attached hydrogens (tertiary/aromatic N) is 6. The molecule has 0 amide bonds. The highest BCUT2D eigenvalue weighted by Crippen LogP contribution is 2.36. The van der Waals surface area contributed by atoms with Crippen molar-refractivity contribution in [2.45, 2.75) is 13.1 Å². The second-order valence-corrected chi connectivity index (χ2v) is 9.96. The highest BCUT2D eigenvalue weighted by Gasteiger charge is 2.23. The van der Waals surface area contributed by atoms with E-state index in [0.717, 1.165) is 93.9 Å². The molecular weight excluding hydrogens is 420 g/mol. The molecule has 7 nitrogen and oxygen atoms in total. The van der Waals surface area contributed by atoms with Gasteiger partial charge in [-0.25, -0.2) is 9.97 Å². The van der Waals surface area contributed by atoms with Gasteiger partial charge in [0.2, 0.25) is 0 Å². The lowest BCUT2D eigenvalue weighted by molar-refractivity contribution is 0.122. The Hall–Kier alpha value is -2.39. The Labute approximate surface area is 192 Å². The van der Waals surface area contributed by atoms with E-state index in [-0.39, 0.29) is 0 Å². The molecule has 2 fully saturated rings. The number of anilines is 1. The molecule has 1 aromatic carbocycles. The molecule has 0 radical (unpaired) electrons. The molecule has 0 N–H and O–H groups in total. The van der Waals surface area contributed by atoms with Crippen LogP contribution in [0.4, 0.5) is 5.82 Å². The summed E-state index contributed by atoms with van der Waals surface area (Å²) in [6, 6.07) is 8.64. The van der Waals surface area contributed by atoms with E-state index < -0.39 is 0 Å². The van der Waals surface area contributed by atoms with Gasteiger partial charge in [-0.3, -0.25) is 9.89 Å². The van der Waals surface area contributed by atoms with Crippen molar-refractivity contribution in [3.8, 4) is 11.4 Å². The number of fused-ring (bicyclic) bond motifs is 2. The van der Waals surface area contributed by atoms with Crippen LogP contribution in [-0.4, -0.2) is 85.5 Å². The van der Waals surface area contributed by atoms with Crippen molar-refractivity contribution < 1.29 is 4.74 Å². The Morgan fingerprint density at radius 2 is 1.88 bits per heavy atom. The average molecular weight is 449 g/mol. The third kappa shape index (κ3) is 3.81. The van der Waals surface area contributed by atoms with Gasteiger partial charge in [0.05, 0.1) is 30.0 Å². The second kappa shape index (κ2) is 8.51. The summed E-state index contributed by atoms with van der Waals surface area (Å²) in [5.74, 6) is 1.85. The van der Waals surface area contributed by atoms with Crippen LogP contribution in [0.3, 0.4) is 0 Å². The molecular formula is C24H28N6OS. The fourth-order valence-electron chi connectivity index (χ4n) is 4.71. The maximum Gasteiger partial charge on any atom is 0.162 e. The fraction of sp³-hybridized carbons (Fsp3) is 0.458. The summed E-state index contributed by atoms with van der Waals surface area (Å²) >= 11 is 1.85. The zero-order valence-corrected chi connectivity index (χ0v) is 19.3. The van der Waals surface area contributed by atoms with Crippen LogP contribution in [0, 0.1) is 0 Å². The molecule has 0 atom stereocenters. The highest BCUT2D eigenvalue weighted by molar-refractivity contribution is 7.19. The molecule has 0 saturated carbocycles. The van der Waals surface area contributed by atoms with Crippen LogP contribution in [0.15, 0.2) is 29.3 Å². The lowest BCUT2D eigenvalue weighted by Crippen LogP contribution is -2.43. The number of piperazine rings is 1. The zero-order valence-electron chi connectivity index (χ0n) is 18.5. The predicted molar refractivity (Wildman–Crippen MR) is 130 cm³/mol. The number of aromatic nitrogens is 2. The molecule has 3 aromatic rings. The molecule has 3 aliphatic rings. The van der Waals surface area contributed by atoms with E-state index in [2.05, 4.69) is 51.0 Å². The van der Waals surface area contributed by atoms with E-state index in [0.29, 0.717) is 0 Å². The molecule has 0 unspecified atom stereocenters. The number of hydrogen-bond donors (Lipinski definition) is 0. The largest absolute Gasteiger partial charge is 0.378 e. The molecule has 2 saturated heterocycles. The van der Waals surface area contributed by atoms with Gasteiger partial charge >= 0.3 is 0 Å². The summed E-state index contributed by atoms with van der Waals surface area (Å²) in [4.78, 5) is 23.3. The van der Waals surface area contributed by atoms with E-state index in [9.17, 15) is 0 Å². The van der Waals surface area contributed by atoms with Crippen LogP contribution in [0.1, 0.15) is 16.0 Å². The smallest absolute Gasteiger partial charge is 0.162 e. The van der Waals surface area contributed by atoms with Gasteiger partial charge in [-0.2, -0.15) is 0 Å². The van der Waals surface area contributed by atoms with Crippen LogP contribution in [-0.2, 0) is 17.8 Å². The minimum absolute atomic E-state index is 0.744. The molecule has 0 bridgehead atoms. The van der Waals surface area contributed by atoms with Gasteiger partial charge in [-0.05, 0) is 18.7 Å². The predicted octanol–water partition coefficient (Wildman–Crippen LogP) is 2.87. The van der Waals surface area contributed by atoms with Crippen LogP contribution >= 0.6 is 11.3 Å². The molecule has 32 heavy (non-hydrogen) atoms. The van der Waals surface area contributed by atoms with Crippen LogP contribution < -0.4 is 4.90 Å². The molecule has 166 valence electrons. The second-order valence-electron chi connectivity index (χ2n) is 8.82. The van der Waals surface area contributed by atoms with Crippen LogP contribution in [0.25, 0.3) is 21.6 Å². The summed E-state index contributed by atoms with van der Waals surface area (Å²) < 4.78 is 6.81. The normalized spacial score (nSPS) is 19.7. The highest BCUT2D eigenvalue weighted by atomic mass is 32.1. The first-order valence-corrected chi connectivity index (χ1v) is 12.2. The van der Waals surface area contributed by atoms with Gasteiger partial charge in [0.15, 0.2) is 11.6 Å². The Morgan fingerprint density at radius 3 is 2.72 bits per heavy atom. The van der Waals surface area contributed by atoms with E-state index in [1.807, 2.05) is 17.6 Å². The van der Waals surface area contributed by atoms with Gasteiger partial charge < -0.3 is 14.5 Å². The summed E-state index contributed by atoms with van der Waals surface area (Å²) in [6.07, 6.45) is 1.97. The van der Waals surface area contributed by atoms with E-state index in [1.165, 1.54) is 15.1 Å². The van der Waals surface area contributed by atoms with Crippen LogP contribution in [0.5, 0.6) is 0 Å². The standard InChI is InChI=1S/C24H28N6OS/c1-28-5-7-29(8-6-28)16-18-13-21-22(32-18)24(30-9-11-31-12-10-30)27-23(26-21)19-4-2-3-17-14-25-15-20(17)19/h2-4,13,15H,5-12,14,16H2,1H3. The molecule has 0 aliphatic carbocycles. The van der Waals surface area contributed by atoms with E-state index in [4.69, 9.17) is 14.7 Å². The first-order valence-electron chi connectivity index (χ1n) is 11.4. The monoisotopic (exact) mass is 448 g/mol. The van der Waals surface area contributed by atoms with Crippen molar-refractivity contribution in [3.63, 3.8) is 0 Å². The maximum absolute atomic E-state index is 5.61. The number of thiophene rings is 1. The maximum atomic E-state index is 5.61. The Morgan fingerprint density at radius 1 is 1.03 bits per heavy atom. The van der Waals surface area contributed by atoms with E-state index in [1.54, 1.807) is 0 Å². The van der Waals surface area contributed by atoms with Crippen molar-refractivity contribution in [2.24, 2.45) is 4.99 Å². The number of morpholine rings is 1. The Kier molecular flexibility index (Phi) is 5.38. The summed E-state index contributed by atoms with van der Waals surface area (Å²) in [6.45, 7) is 9.46. The van der Waals surface area contributed by atoms with Crippen molar-refractivity contribution >= 4 is 33.6 Å². The third-order valence-electron chi connectivity index (χ3n) is 6.61. The van der Waals surface area contributed by atoms with E-state index >= 15 is 0 Å². The van der Waals surface area contributed by atoms with Crippen LogP contribution in [0.2, 0.25) is 0 Å². The van der Waals surface area contributed by atoms with Crippen molar-refractivity contribution in [1.82, 2.24) is 19.8 Å². The molecule has 8 heteroatoms. The van der Waals surface area contributed by atoms with Gasteiger partial charge in [-0.1, -0.05) is 18.2 Å². The SMILES string of the molecule is CN1CCN(Cc2cc3nc(-c4cccc5c4C=NC5)nc(N4CCOCC4)c3s2)CC1. The number of rotatable bonds is 4. The molecule has 0 spiro atoms. The molecule has 6 rings (SSSR count). The molecule has 5 heterocycles. The quantitative estimate of drug-likeness (QED) is 0.612. The lowest BCUT2D eigenvalue weighted by Gasteiger charge is -2.31. The van der Waals surface area contributed by atoms with Gasteiger partial charge in [0.25, 0.3) is 0 Å². The molecule has 3 aliphatic heterocycles. The number of benzene rings is 1. The number of likely N-dealkylation sites (N-methyl/N-ethyl adjacent to an activating group) is 1. The minimum Gasteiger partial charge on any atom is -0.378 e. The Bertz CT molecular complexity index is 1160. The van der Waals surface area contributed by atoms with Gasteiger partial charge in [0, 0.05) is 68.0 Å². The summed E-state index contributed by atoms with van der Waals surface area (Å²) in [7, 11) is 2.20.